The highest BCUT2D eigenvalue weighted by atomic mass is 32.2. The van der Waals surface area contributed by atoms with Crippen LogP contribution in [0.25, 0.3) is 10.8 Å². The van der Waals surface area contributed by atoms with Crippen LogP contribution in [0.4, 0.5) is 0 Å². The standard InChI is InChI=1S/C22H25N3O5S/c1-13(2)20(22(27)24-23-21(26)19-11-14(3)30-15(19)4)25-31(28,29)18-10-9-16-7-5-6-8-17(16)12-18/h5-13,20,25H,1-4H3,(H,23,26)(H,24,27)/t20-/m1/s1. The van der Waals surface area contributed by atoms with Gasteiger partial charge in [-0.3, -0.25) is 20.4 Å². The van der Waals surface area contributed by atoms with Crippen LogP contribution in [0.5, 0.6) is 0 Å². The Labute approximate surface area is 181 Å². The van der Waals surface area contributed by atoms with Crippen molar-refractivity contribution in [2.45, 2.75) is 38.6 Å². The molecule has 0 saturated heterocycles. The Morgan fingerprint density at radius 3 is 2.23 bits per heavy atom. The first kappa shape index (κ1) is 22.5. The summed E-state index contributed by atoms with van der Waals surface area (Å²) in [5, 5.41) is 1.68. The third-order valence-electron chi connectivity index (χ3n) is 4.85. The maximum atomic E-state index is 12.9. The number of furan rings is 1. The molecule has 0 saturated carbocycles. The fraction of sp³-hybridized carbons (Fsp3) is 0.273. The van der Waals surface area contributed by atoms with Crippen LogP contribution >= 0.6 is 0 Å². The van der Waals surface area contributed by atoms with Gasteiger partial charge in [0.2, 0.25) is 10.0 Å². The largest absolute Gasteiger partial charge is 0.466 e. The maximum Gasteiger partial charge on any atom is 0.273 e. The molecule has 0 fully saturated rings. The topological polar surface area (TPSA) is 118 Å². The minimum Gasteiger partial charge on any atom is -0.466 e. The normalized spacial score (nSPS) is 12.7. The lowest BCUT2D eigenvalue weighted by molar-refractivity contribution is -0.124. The van der Waals surface area contributed by atoms with E-state index in [4.69, 9.17) is 4.42 Å². The number of rotatable bonds is 6. The average molecular weight is 444 g/mol. The molecular formula is C22H25N3O5S. The molecule has 31 heavy (non-hydrogen) atoms. The van der Waals surface area contributed by atoms with Gasteiger partial charge < -0.3 is 4.42 Å². The van der Waals surface area contributed by atoms with E-state index in [0.717, 1.165) is 10.8 Å². The molecule has 3 aromatic rings. The second kappa shape index (κ2) is 8.91. The molecule has 2 aromatic carbocycles. The molecule has 0 aliphatic heterocycles. The van der Waals surface area contributed by atoms with Gasteiger partial charge in [0.25, 0.3) is 11.8 Å². The first-order valence-corrected chi connectivity index (χ1v) is 11.2. The number of amides is 2. The second-order valence-corrected chi connectivity index (χ2v) is 9.34. The number of aryl methyl sites for hydroxylation is 2. The molecule has 0 spiro atoms. The van der Waals surface area contributed by atoms with E-state index in [1.807, 2.05) is 24.3 Å². The third kappa shape index (κ3) is 5.12. The molecule has 3 rings (SSSR count). The predicted octanol–water partition coefficient (Wildman–Crippen LogP) is 2.81. The monoisotopic (exact) mass is 443 g/mol. The molecule has 9 heteroatoms. The van der Waals surface area contributed by atoms with Crippen LogP contribution in [0, 0.1) is 19.8 Å². The van der Waals surface area contributed by atoms with E-state index >= 15 is 0 Å². The number of hydrazine groups is 1. The van der Waals surface area contributed by atoms with Gasteiger partial charge in [0.05, 0.1) is 10.5 Å². The summed E-state index contributed by atoms with van der Waals surface area (Å²) in [6.45, 7) is 6.76. The highest BCUT2D eigenvalue weighted by molar-refractivity contribution is 7.89. The Kier molecular flexibility index (Phi) is 6.47. The van der Waals surface area contributed by atoms with Gasteiger partial charge in [-0.2, -0.15) is 4.72 Å². The van der Waals surface area contributed by atoms with E-state index in [9.17, 15) is 18.0 Å². The quantitative estimate of drug-likeness (QED) is 0.507. The van der Waals surface area contributed by atoms with Crippen LogP contribution in [-0.2, 0) is 14.8 Å². The zero-order chi connectivity index (χ0) is 22.8. The lowest BCUT2D eigenvalue weighted by atomic mass is 10.1. The summed E-state index contributed by atoms with van der Waals surface area (Å²) in [5.41, 5.74) is 4.89. The summed E-state index contributed by atoms with van der Waals surface area (Å²) >= 11 is 0. The number of nitrogens with one attached hydrogen (secondary N) is 3. The molecule has 0 radical (unpaired) electrons. The van der Waals surface area contributed by atoms with E-state index in [-0.39, 0.29) is 16.4 Å². The van der Waals surface area contributed by atoms with Crippen LogP contribution in [0.1, 0.15) is 35.7 Å². The van der Waals surface area contributed by atoms with Crippen molar-refractivity contribution in [2.24, 2.45) is 5.92 Å². The molecule has 164 valence electrons. The summed E-state index contributed by atoms with van der Waals surface area (Å²) in [6.07, 6.45) is 0. The Morgan fingerprint density at radius 1 is 0.935 bits per heavy atom. The van der Waals surface area contributed by atoms with Crippen LogP contribution < -0.4 is 15.6 Å². The van der Waals surface area contributed by atoms with Crippen molar-refractivity contribution in [1.82, 2.24) is 15.6 Å². The second-order valence-electron chi connectivity index (χ2n) is 7.62. The Bertz CT molecular complexity index is 1230. The fourth-order valence-corrected chi connectivity index (χ4v) is 4.56. The molecule has 0 aliphatic rings. The zero-order valence-corrected chi connectivity index (χ0v) is 18.5. The molecule has 0 aliphatic carbocycles. The summed E-state index contributed by atoms with van der Waals surface area (Å²) in [7, 11) is -3.97. The van der Waals surface area contributed by atoms with Gasteiger partial charge in [-0.1, -0.05) is 44.2 Å². The van der Waals surface area contributed by atoms with Crippen molar-refractivity contribution in [3.8, 4) is 0 Å². The van der Waals surface area contributed by atoms with Gasteiger partial charge in [0.1, 0.15) is 17.6 Å². The maximum absolute atomic E-state index is 12.9. The first-order chi connectivity index (χ1) is 14.6. The Morgan fingerprint density at radius 2 is 1.61 bits per heavy atom. The molecular weight excluding hydrogens is 418 g/mol. The summed E-state index contributed by atoms with van der Waals surface area (Å²) in [4.78, 5) is 25.0. The number of sulfonamides is 1. The Hall–Kier alpha value is -3.17. The molecule has 1 aromatic heterocycles. The Balaban J connectivity index is 1.73. The first-order valence-electron chi connectivity index (χ1n) is 9.77. The molecule has 1 atom stereocenters. The van der Waals surface area contributed by atoms with E-state index in [0.29, 0.717) is 11.5 Å². The number of hydrogen-bond donors (Lipinski definition) is 3. The highest BCUT2D eigenvalue weighted by Crippen LogP contribution is 2.20. The van der Waals surface area contributed by atoms with Gasteiger partial charge in [-0.15, -0.1) is 0 Å². The molecule has 2 amide bonds. The molecule has 0 unspecified atom stereocenters. The van der Waals surface area contributed by atoms with Crippen molar-refractivity contribution in [3.63, 3.8) is 0 Å². The minimum atomic E-state index is -3.97. The summed E-state index contributed by atoms with van der Waals surface area (Å²) in [6, 6.07) is 12.6. The van der Waals surface area contributed by atoms with Crippen molar-refractivity contribution >= 4 is 32.6 Å². The molecule has 3 N–H and O–H groups in total. The van der Waals surface area contributed by atoms with Crippen molar-refractivity contribution < 1.29 is 22.4 Å². The highest BCUT2D eigenvalue weighted by Gasteiger charge is 2.29. The number of carbonyl (C=O) groups excluding carboxylic acids is 2. The van der Waals surface area contributed by atoms with E-state index < -0.39 is 27.9 Å². The minimum absolute atomic E-state index is 0.0539. The number of carbonyl (C=O) groups is 2. The molecule has 0 bridgehead atoms. The lowest BCUT2D eigenvalue weighted by Crippen LogP contribution is -2.54. The summed E-state index contributed by atoms with van der Waals surface area (Å²) < 4.78 is 33.6. The summed E-state index contributed by atoms with van der Waals surface area (Å²) in [5.74, 6) is -0.614. The van der Waals surface area contributed by atoms with Crippen molar-refractivity contribution in [3.05, 3.63) is 65.6 Å². The molecule has 8 nitrogen and oxygen atoms in total. The smallest absolute Gasteiger partial charge is 0.273 e. The zero-order valence-electron chi connectivity index (χ0n) is 17.7. The van der Waals surface area contributed by atoms with Gasteiger partial charge in [-0.25, -0.2) is 8.42 Å². The van der Waals surface area contributed by atoms with Crippen LogP contribution in [0.3, 0.4) is 0 Å². The van der Waals surface area contributed by atoms with Gasteiger partial charge in [-0.05, 0) is 48.7 Å². The predicted molar refractivity (Wildman–Crippen MR) is 117 cm³/mol. The van der Waals surface area contributed by atoms with Gasteiger partial charge >= 0.3 is 0 Å². The molecule has 1 heterocycles. The number of fused-ring (bicyclic) bond motifs is 1. The fourth-order valence-electron chi connectivity index (χ4n) is 3.18. The van der Waals surface area contributed by atoms with Crippen LogP contribution in [-0.4, -0.2) is 26.3 Å². The average Bonchev–Trinajstić information content (AvgIpc) is 3.07. The third-order valence-corrected chi connectivity index (χ3v) is 6.29. The van der Waals surface area contributed by atoms with Gasteiger partial charge in [0, 0.05) is 0 Å². The lowest BCUT2D eigenvalue weighted by Gasteiger charge is -2.22. The van der Waals surface area contributed by atoms with Crippen molar-refractivity contribution in [2.75, 3.05) is 0 Å². The number of benzene rings is 2. The van der Waals surface area contributed by atoms with Gasteiger partial charge in [0.15, 0.2) is 0 Å². The SMILES string of the molecule is Cc1cc(C(=O)NNC(=O)[C@H](NS(=O)(=O)c2ccc3ccccc3c2)C(C)C)c(C)o1. The van der Waals surface area contributed by atoms with E-state index in [2.05, 4.69) is 15.6 Å². The van der Waals surface area contributed by atoms with E-state index in [1.165, 1.54) is 6.07 Å². The van der Waals surface area contributed by atoms with Crippen LogP contribution in [0.2, 0.25) is 0 Å². The number of hydrogen-bond acceptors (Lipinski definition) is 5. The van der Waals surface area contributed by atoms with E-state index in [1.54, 1.807) is 45.9 Å². The van der Waals surface area contributed by atoms with Crippen LogP contribution in [0.15, 0.2) is 57.8 Å². The van der Waals surface area contributed by atoms with Crippen molar-refractivity contribution in [1.29, 1.82) is 0 Å².